The van der Waals surface area contributed by atoms with Crippen LogP contribution in [0.4, 0.5) is 4.79 Å². The molecule has 1 aliphatic carbocycles. The van der Waals surface area contributed by atoms with Crippen LogP contribution in [0.25, 0.3) is 0 Å². The van der Waals surface area contributed by atoms with Gasteiger partial charge >= 0.3 is 6.03 Å². The van der Waals surface area contributed by atoms with E-state index in [0.717, 1.165) is 39.3 Å². The third kappa shape index (κ3) is 4.42. The monoisotopic (exact) mass is 336 g/mol. The second-order valence-corrected chi connectivity index (χ2v) is 8.52. The van der Waals surface area contributed by atoms with Crippen LogP contribution in [0.5, 0.6) is 0 Å². The molecule has 0 unspecified atom stereocenters. The van der Waals surface area contributed by atoms with Crippen LogP contribution in [0, 0.1) is 5.41 Å². The van der Waals surface area contributed by atoms with Gasteiger partial charge in [0.25, 0.3) is 0 Å². The smallest absolute Gasteiger partial charge is 0.317 e. The van der Waals surface area contributed by atoms with Crippen LogP contribution in [0.3, 0.4) is 0 Å². The van der Waals surface area contributed by atoms with E-state index in [4.69, 9.17) is 0 Å². The minimum atomic E-state index is 0.167. The topological polar surface area (TPSA) is 38.8 Å². The lowest BCUT2D eigenvalue weighted by Gasteiger charge is -2.43. The molecule has 5 nitrogen and oxygen atoms in total. The summed E-state index contributed by atoms with van der Waals surface area (Å²) in [6.07, 6.45) is 10.6. The summed E-state index contributed by atoms with van der Waals surface area (Å²) >= 11 is 0. The molecule has 0 radical (unpaired) electrons. The van der Waals surface area contributed by atoms with Gasteiger partial charge in [0.15, 0.2) is 0 Å². The van der Waals surface area contributed by atoms with Crippen LogP contribution in [0.2, 0.25) is 0 Å². The first-order valence-electron chi connectivity index (χ1n) is 10.00. The number of rotatable bonds is 2. The fourth-order valence-electron chi connectivity index (χ4n) is 4.91. The highest BCUT2D eigenvalue weighted by Gasteiger charge is 2.37. The number of hydrogen-bond acceptors (Lipinski definition) is 3. The molecule has 0 aromatic carbocycles. The van der Waals surface area contributed by atoms with Crippen molar-refractivity contribution < 1.29 is 4.79 Å². The summed E-state index contributed by atoms with van der Waals surface area (Å²) in [5, 5.41) is 3.23. The molecule has 0 bridgehead atoms. The van der Waals surface area contributed by atoms with E-state index < -0.39 is 0 Å². The standard InChI is InChI=1S/C19H36N4O/c1-21-12-13-22(2)17(15-21)14-20-18(24)23-11-7-10-19(16-23)8-5-3-4-6-9-19/h17H,3-16H2,1-2H3,(H,20,24)/t17-/m0/s1. The number of urea groups is 1. The van der Waals surface area contributed by atoms with E-state index in [9.17, 15) is 4.79 Å². The molecule has 2 aliphatic heterocycles. The lowest BCUT2D eigenvalue weighted by atomic mass is 9.74. The molecule has 1 N–H and O–H groups in total. The van der Waals surface area contributed by atoms with Crippen molar-refractivity contribution in [2.24, 2.45) is 5.41 Å². The molecule has 1 atom stereocenters. The molecule has 24 heavy (non-hydrogen) atoms. The van der Waals surface area contributed by atoms with Gasteiger partial charge in [0, 0.05) is 45.3 Å². The quantitative estimate of drug-likeness (QED) is 0.841. The third-order valence-corrected chi connectivity index (χ3v) is 6.58. The number of likely N-dealkylation sites (tertiary alicyclic amines) is 1. The Balaban J connectivity index is 1.51. The minimum Gasteiger partial charge on any atom is -0.336 e. The molecule has 138 valence electrons. The Morgan fingerprint density at radius 3 is 2.46 bits per heavy atom. The van der Waals surface area contributed by atoms with Gasteiger partial charge in [0.1, 0.15) is 0 Å². The Morgan fingerprint density at radius 2 is 1.71 bits per heavy atom. The largest absolute Gasteiger partial charge is 0.336 e. The van der Waals surface area contributed by atoms with Gasteiger partial charge in [-0.2, -0.15) is 0 Å². The first-order valence-corrected chi connectivity index (χ1v) is 10.00. The average Bonchev–Trinajstić information content (AvgIpc) is 2.81. The van der Waals surface area contributed by atoms with E-state index in [0.29, 0.717) is 11.5 Å². The van der Waals surface area contributed by atoms with E-state index in [1.54, 1.807) is 0 Å². The Morgan fingerprint density at radius 1 is 1.00 bits per heavy atom. The summed E-state index contributed by atoms with van der Waals surface area (Å²) in [7, 11) is 4.34. The van der Waals surface area contributed by atoms with Crippen LogP contribution >= 0.6 is 0 Å². The van der Waals surface area contributed by atoms with Gasteiger partial charge in [0.2, 0.25) is 0 Å². The molecular formula is C19H36N4O. The molecule has 5 heteroatoms. The first-order chi connectivity index (χ1) is 11.6. The molecule has 0 aromatic heterocycles. The third-order valence-electron chi connectivity index (χ3n) is 6.58. The average molecular weight is 337 g/mol. The van der Waals surface area contributed by atoms with E-state index in [2.05, 4.69) is 34.1 Å². The molecular weight excluding hydrogens is 300 g/mol. The van der Waals surface area contributed by atoms with E-state index in [-0.39, 0.29) is 6.03 Å². The molecule has 1 saturated carbocycles. The Hall–Kier alpha value is -0.810. The summed E-state index contributed by atoms with van der Waals surface area (Å²) in [4.78, 5) is 19.6. The number of likely N-dealkylation sites (N-methyl/N-ethyl adjacent to an activating group) is 2. The van der Waals surface area contributed by atoms with Gasteiger partial charge in [0.05, 0.1) is 0 Å². The van der Waals surface area contributed by atoms with Crippen molar-refractivity contribution >= 4 is 6.03 Å². The second-order valence-electron chi connectivity index (χ2n) is 8.52. The molecule has 2 heterocycles. The number of carbonyl (C=O) groups is 1. The molecule has 3 rings (SSSR count). The summed E-state index contributed by atoms with van der Waals surface area (Å²) in [6.45, 7) is 5.94. The maximum Gasteiger partial charge on any atom is 0.317 e. The lowest BCUT2D eigenvalue weighted by Crippen LogP contribution is -2.56. The Labute approximate surface area is 147 Å². The maximum absolute atomic E-state index is 12.7. The van der Waals surface area contributed by atoms with E-state index in [1.165, 1.54) is 51.4 Å². The summed E-state index contributed by atoms with van der Waals surface area (Å²) < 4.78 is 0. The molecule has 3 aliphatic rings. The Kier molecular flexibility index (Phi) is 6.03. The first kappa shape index (κ1) is 18.0. The van der Waals surface area contributed by atoms with Gasteiger partial charge in [-0.15, -0.1) is 0 Å². The van der Waals surface area contributed by atoms with Crippen LogP contribution in [0.15, 0.2) is 0 Å². The Bertz CT molecular complexity index is 420. The number of nitrogens with zero attached hydrogens (tertiary/aromatic N) is 3. The molecule has 0 aromatic rings. The van der Waals surface area contributed by atoms with Gasteiger partial charge in [-0.25, -0.2) is 4.79 Å². The second kappa shape index (κ2) is 8.05. The number of piperazine rings is 1. The number of carbonyl (C=O) groups excluding carboxylic acids is 1. The highest BCUT2D eigenvalue weighted by Crippen LogP contribution is 2.42. The van der Waals surface area contributed by atoms with Crippen LogP contribution in [-0.2, 0) is 0 Å². The predicted octanol–water partition coefficient (Wildman–Crippen LogP) is 2.38. The number of amides is 2. The van der Waals surface area contributed by atoms with Gasteiger partial charge in [-0.1, -0.05) is 25.7 Å². The van der Waals surface area contributed by atoms with Crippen molar-refractivity contribution in [3.05, 3.63) is 0 Å². The number of piperidine rings is 1. The van der Waals surface area contributed by atoms with Crippen LogP contribution < -0.4 is 5.32 Å². The highest BCUT2D eigenvalue weighted by molar-refractivity contribution is 5.74. The van der Waals surface area contributed by atoms with Crippen molar-refractivity contribution in [3.8, 4) is 0 Å². The van der Waals surface area contributed by atoms with Crippen LogP contribution in [-0.4, -0.2) is 80.1 Å². The van der Waals surface area contributed by atoms with Gasteiger partial charge in [-0.05, 0) is 45.2 Å². The predicted molar refractivity (Wildman–Crippen MR) is 98.3 cm³/mol. The SMILES string of the molecule is CN1CCN(C)[C@@H](CNC(=O)N2CCCC3(CCCCCC3)C2)C1. The van der Waals surface area contributed by atoms with Gasteiger partial charge in [-0.3, -0.25) is 4.90 Å². The molecule has 3 fully saturated rings. The molecule has 1 spiro atoms. The zero-order chi connectivity index (χ0) is 17.0. The highest BCUT2D eigenvalue weighted by atomic mass is 16.2. The summed E-state index contributed by atoms with van der Waals surface area (Å²) in [5.74, 6) is 0. The van der Waals surface area contributed by atoms with Crippen molar-refractivity contribution in [1.82, 2.24) is 20.0 Å². The van der Waals surface area contributed by atoms with Crippen molar-refractivity contribution in [2.45, 2.75) is 57.4 Å². The summed E-state index contributed by atoms with van der Waals surface area (Å²) in [5.41, 5.74) is 0.425. The minimum absolute atomic E-state index is 0.167. The molecule has 2 amide bonds. The normalized spacial score (nSPS) is 29.4. The van der Waals surface area contributed by atoms with E-state index in [1.807, 2.05) is 0 Å². The fourth-order valence-corrected chi connectivity index (χ4v) is 4.91. The van der Waals surface area contributed by atoms with Gasteiger partial charge < -0.3 is 15.1 Å². The zero-order valence-corrected chi connectivity index (χ0v) is 15.7. The fraction of sp³-hybridized carbons (Fsp3) is 0.947. The van der Waals surface area contributed by atoms with Crippen molar-refractivity contribution in [2.75, 3.05) is 53.4 Å². The number of nitrogens with one attached hydrogen (secondary N) is 1. The van der Waals surface area contributed by atoms with Crippen LogP contribution in [0.1, 0.15) is 51.4 Å². The molecule has 2 saturated heterocycles. The van der Waals surface area contributed by atoms with Crippen molar-refractivity contribution in [1.29, 1.82) is 0 Å². The zero-order valence-electron chi connectivity index (χ0n) is 15.7. The maximum atomic E-state index is 12.7. The lowest BCUT2D eigenvalue weighted by molar-refractivity contribution is 0.0853. The summed E-state index contributed by atoms with van der Waals surface area (Å²) in [6, 6.07) is 0.601. The number of hydrogen-bond donors (Lipinski definition) is 1. The van der Waals surface area contributed by atoms with Crippen molar-refractivity contribution in [3.63, 3.8) is 0 Å². The van der Waals surface area contributed by atoms with E-state index >= 15 is 0 Å².